The van der Waals surface area contributed by atoms with Crippen LogP contribution in [-0.2, 0) is 80.0 Å². The summed E-state index contributed by atoms with van der Waals surface area (Å²) in [5, 5.41) is 72.3. The number of amides is 13. The lowest BCUT2D eigenvalue weighted by atomic mass is 9.99. The number of guanidine groups is 2. The number of nitrogen functional groups attached to an aromatic ring is 1. The number of carbonyl (C=O) groups is 15. The first kappa shape index (κ1) is 87.2. The molecule has 594 valence electrons. The second-order valence-corrected chi connectivity index (χ2v) is 26.3. The number of nitrogens with one attached hydrogen (secondary N) is 17. The zero-order valence-corrected chi connectivity index (χ0v) is 60.9. The summed E-state index contributed by atoms with van der Waals surface area (Å²) < 4.78 is 11.8. The number of hydrogen-bond acceptors (Lipinski definition) is 21. The highest BCUT2D eigenvalue weighted by Gasteiger charge is 2.37. The number of rotatable bonds is 34. The van der Waals surface area contributed by atoms with Gasteiger partial charge in [-0.2, -0.15) is 0 Å². The first-order valence-corrected chi connectivity index (χ1v) is 35.3. The monoisotopic (exact) mass is 1530 g/mol. The van der Waals surface area contributed by atoms with Crippen LogP contribution in [0.5, 0.6) is 11.5 Å². The summed E-state index contributed by atoms with van der Waals surface area (Å²) in [6.07, 6.45) is -0.275. The van der Waals surface area contributed by atoms with Gasteiger partial charge in [-0.05, 0) is 104 Å². The van der Waals surface area contributed by atoms with Crippen molar-refractivity contribution in [2.75, 3.05) is 58.2 Å². The molecule has 2 saturated heterocycles. The summed E-state index contributed by atoms with van der Waals surface area (Å²) >= 11 is 0. The Hall–Kier alpha value is -12.4. The number of aliphatic carboxylic acids is 2. The molecule has 1 aromatic heterocycles. The minimum absolute atomic E-state index is 0.0116. The maximum Gasteiger partial charge on any atom is 0.305 e. The van der Waals surface area contributed by atoms with E-state index in [1.54, 1.807) is 76.2 Å². The van der Waals surface area contributed by atoms with E-state index in [2.05, 4.69) is 84.7 Å². The van der Waals surface area contributed by atoms with E-state index >= 15 is 0 Å². The number of benzene rings is 2. The van der Waals surface area contributed by atoms with Crippen molar-refractivity contribution in [2.24, 2.45) is 23.3 Å². The van der Waals surface area contributed by atoms with Crippen molar-refractivity contribution in [3.8, 4) is 11.5 Å². The van der Waals surface area contributed by atoms with Crippen LogP contribution in [0.3, 0.4) is 0 Å². The van der Waals surface area contributed by atoms with Gasteiger partial charge in [-0.15, -0.1) is 0 Å². The number of nitrogens with two attached hydrogens (primary N) is 3. The third-order valence-electron chi connectivity index (χ3n) is 16.8. The van der Waals surface area contributed by atoms with Crippen LogP contribution < -0.4 is 106 Å². The fourth-order valence-corrected chi connectivity index (χ4v) is 10.9. The Morgan fingerprint density at radius 2 is 0.908 bits per heavy atom. The van der Waals surface area contributed by atoms with Gasteiger partial charge < -0.3 is 117 Å². The summed E-state index contributed by atoms with van der Waals surface area (Å²) in [6, 6.07) is 3.01. The first-order chi connectivity index (χ1) is 51.7. The van der Waals surface area contributed by atoms with E-state index in [1.807, 2.05) is 0 Å². The molecule has 2 aliphatic rings. The second kappa shape index (κ2) is 44.5. The number of nitrogens with zero attached hydrogens (tertiary/aromatic N) is 1. The molecule has 9 unspecified atom stereocenters. The standard InChI is InChI=1S/C69H99N21O19/c1-36(2)56-66(106)85-43(9-5-23-77-68(71)72)60(100)80-34-52(92)82-48(31-54(94)95)62(102)87-46(64(104)89-56)29-38-11-16-41(17-12-38)108-27-7-25-75-51(91)22-20-45(84-58(98)40-15-21-50(70)79-33-40)59(99)76-26-8-28-109-42-18-13-39(14-19-42)30-47-65(105)90-57(37(3)4)67(107)86-44(10-6-24-78-69(73)74)61(101)81-35-53(93)83-49(32-55(96)97)63(103)88-47/h11-19,21,33,36-37,43-49,56-57H,5-10,20,22-32,34-35H2,1-4H3,(H2,70,79)(H,75,91)(H,76,99)(H,80,100)(H,81,101)(H,82,92)(H,83,93)(H,84,98)(H,85,106)(H,86,107)(H,87,102)(H,88,103)(H,89,104)(H,90,105)(H,94,95)(H,96,97)(H4,71,72,77)(H4,73,74,78). The Kier molecular flexibility index (Phi) is 35.6. The zero-order valence-electron chi connectivity index (χ0n) is 60.9. The molecule has 0 radical (unpaired) electrons. The molecular formula is C69H99N21O19. The van der Waals surface area contributed by atoms with E-state index in [4.69, 9.17) is 37.5 Å². The van der Waals surface area contributed by atoms with Crippen LogP contribution in [0, 0.1) is 22.7 Å². The van der Waals surface area contributed by atoms with E-state index < -0.39 is 181 Å². The molecule has 2 fully saturated rings. The van der Waals surface area contributed by atoms with Gasteiger partial charge in [0, 0.05) is 51.6 Å². The lowest BCUT2D eigenvalue weighted by Gasteiger charge is -2.27. The van der Waals surface area contributed by atoms with E-state index in [9.17, 15) is 82.1 Å². The maximum absolute atomic E-state index is 14.1. The smallest absolute Gasteiger partial charge is 0.305 e. The number of pyridine rings is 1. The van der Waals surface area contributed by atoms with Gasteiger partial charge in [0.15, 0.2) is 11.9 Å². The molecule has 0 spiro atoms. The van der Waals surface area contributed by atoms with Gasteiger partial charge in [0.1, 0.15) is 71.7 Å². The highest BCUT2D eigenvalue weighted by Crippen LogP contribution is 2.18. The second-order valence-electron chi connectivity index (χ2n) is 26.3. The summed E-state index contributed by atoms with van der Waals surface area (Å²) in [4.78, 5) is 204. The highest BCUT2D eigenvalue weighted by molar-refractivity contribution is 6.01. The van der Waals surface area contributed by atoms with Gasteiger partial charge in [0.05, 0.1) is 44.7 Å². The van der Waals surface area contributed by atoms with Crippen molar-refractivity contribution < 1.29 is 91.6 Å². The van der Waals surface area contributed by atoms with Crippen molar-refractivity contribution in [1.82, 2.24) is 84.7 Å². The van der Waals surface area contributed by atoms with E-state index in [0.29, 0.717) is 29.0 Å². The number of aromatic nitrogens is 1. The van der Waals surface area contributed by atoms with Gasteiger partial charge in [0.25, 0.3) is 5.91 Å². The number of carboxylic acids is 2. The number of hydrogen-bond donors (Lipinski definition) is 22. The highest BCUT2D eigenvalue weighted by atomic mass is 16.5. The van der Waals surface area contributed by atoms with Gasteiger partial charge in [-0.1, -0.05) is 52.0 Å². The molecule has 0 saturated carbocycles. The van der Waals surface area contributed by atoms with Gasteiger partial charge in [-0.3, -0.25) is 82.7 Å². The normalized spacial score (nSPS) is 20.2. The molecule has 3 aromatic rings. The molecule has 3 heterocycles. The third-order valence-corrected chi connectivity index (χ3v) is 16.8. The third kappa shape index (κ3) is 31.7. The molecule has 40 heteroatoms. The zero-order chi connectivity index (χ0) is 80.3. The van der Waals surface area contributed by atoms with Crippen LogP contribution >= 0.6 is 0 Å². The Morgan fingerprint density at radius 1 is 0.505 bits per heavy atom. The van der Waals surface area contributed by atoms with E-state index in [-0.39, 0.29) is 120 Å². The predicted molar refractivity (Wildman–Crippen MR) is 390 cm³/mol. The molecule has 40 nitrogen and oxygen atoms in total. The Balaban J connectivity index is 1.16. The van der Waals surface area contributed by atoms with E-state index in [1.165, 1.54) is 18.3 Å². The maximum atomic E-state index is 14.1. The Morgan fingerprint density at radius 3 is 1.30 bits per heavy atom. The van der Waals surface area contributed by atoms with Crippen LogP contribution in [0.1, 0.15) is 113 Å². The quantitative estimate of drug-likeness (QED) is 0.0151. The van der Waals surface area contributed by atoms with Gasteiger partial charge in [-0.25, -0.2) is 4.98 Å². The van der Waals surface area contributed by atoms with E-state index in [0.717, 1.165) is 0 Å². The van der Waals surface area contributed by atoms with Crippen molar-refractivity contribution in [3.05, 3.63) is 83.6 Å². The molecule has 13 amide bonds. The minimum Gasteiger partial charge on any atom is -0.494 e. The first-order valence-electron chi connectivity index (χ1n) is 35.3. The van der Waals surface area contributed by atoms with Crippen LogP contribution in [0.15, 0.2) is 66.9 Å². The molecule has 2 aromatic carbocycles. The van der Waals surface area contributed by atoms with Crippen LogP contribution in [0.4, 0.5) is 5.82 Å². The molecule has 9 atom stereocenters. The topological polar surface area (TPSA) is 634 Å². The molecule has 2 aliphatic heterocycles. The molecule has 109 heavy (non-hydrogen) atoms. The molecule has 0 bridgehead atoms. The fourth-order valence-electron chi connectivity index (χ4n) is 10.9. The average molecular weight is 1530 g/mol. The van der Waals surface area contributed by atoms with Crippen molar-refractivity contribution >= 4 is 106 Å². The van der Waals surface area contributed by atoms with Crippen LogP contribution in [0.25, 0.3) is 0 Å². The predicted octanol–water partition coefficient (Wildman–Crippen LogP) is -5.28. The summed E-state index contributed by atoms with van der Waals surface area (Å²) in [7, 11) is 0. The molecule has 5 rings (SSSR count). The largest absolute Gasteiger partial charge is 0.494 e. The summed E-state index contributed by atoms with van der Waals surface area (Å²) in [5.74, 6) is -14.3. The number of ether oxygens (including phenoxy) is 2. The minimum atomic E-state index is -1.70. The van der Waals surface area contributed by atoms with Crippen molar-refractivity contribution in [3.63, 3.8) is 0 Å². The van der Waals surface area contributed by atoms with Crippen LogP contribution in [-0.4, -0.2) is 223 Å². The lowest BCUT2D eigenvalue weighted by Crippen LogP contribution is -2.59. The van der Waals surface area contributed by atoms with Crippen LogP contribution in [0.2, 0.25) is 0 Å². The fraction of sp³-hybridized carbons (Fsp3) is 0.507. The average Bonchev–Trinajstić information content (AvgIpc) is 1.80. The number of carbonyl (C=O) groups excluding carboxylic acids is 13. The van der Waals surface area contributed by atoms with Crippen molar-refractivity contribution in [2.45, 2.75) is 159 Å². The number of carboxylic acid groups (broad SMARTS) is 2. The molecule has 25 N–H and O–H groups in total. The summed E-state index contributed by atoms with van der Waals surface area (Å²) in [6.45, 7) is 5.81. The molecule has 0 aliphatic carbocycles. The lowest BCUT2D eigenvalue weighted by molar-refractivity contribution is -0.141. The van der Waals surface area contributed by atoms with Crippen molar-refractivity contribution in [1.29, 1.82) is 10.8 Å². The Labute approximate surface area is 627 Å². The van der Waals surface area contributed by atoms with Gasteiger partial charge >= 0.3 is 11.9 Å². The summed E-state index contributed by atoms with van der Waals surface area (Å²) in [5.41, 5.74) is 17.5. The Bertz CT molecular complexity index is 3720. The number of anilines is 1. The molecular weight excluding hydrogens is 1430 g/mol. The SMILES string of the molecule is CC(C)C1NC(=O)C(Cc2ccc(OCCCNC(=O)CCC(NC(=O)c3ccc(N)nc3)C(=O)NCCCOc3ccc(CC4NC(=O)C(CC(=O)O)NC(=O)CNC(=O)C(CCCNC(=N)N)NC(=O)C(C(C)C)NC4=O)cc3)cc2)NC(=O)C(CC(=O)O)NC(=O)CNC(=O)C(CCCNC(=N)N)NC1=O. The van der Waals surface area contributed by atoms with Gasteiger partial charge in [0.2, 0.25) is 70.9 Å².